The van der Waals surface area contributed by atoms with Gasteiger partial charge < -0.3 is 9.88 Å². The quantitative estimate of drug-likeness (QED) is 0.131. The molecule has 0 aliphatic carbocycles. The number of amides is 1. The van der Waals surface area contributed by atoms with Crippen LogP contribution in [0.3, 0.4) is 0 Å². The van der Waals surface area contributed by atoms with Gasteiger partial charge in [-0.15, -0.1) is 0 Å². The zero-order valence-electron chi connectivity index (χ0n) is 18.6. The SMILES string of the molecule is N#C/C(=C\c1cn(-c2ccccc2)nc1-c1ccc([N+](=O)[O-])cc1)C(=O)NCCCn1ccnc1. The molecule has 0 radical (unpaired) electrons. The van der Waals surface area contributed by atoms with E-state index in [0.717, 1.165) is 5.69 Å². The molecule has 0 aliphatic heterocycles. The number of hydrogen-bond donors (Lipinski definition) is 1. The van der Waals surface area contributed by atoms with Gasteiger partial charge in [-0.3, -0.25) is 14.9 Å². The highest BCUT2D eigenvalue weighted by Crippen LogP contribution is 2.27. The molecular weight excluding hydrogens is 446 g/mol. The van der Waals surface area contributed by atoms with Crippen LogP contribution in [0, 0.1) is 21.4 Å². The number of rotatable bonds is 9. The number of aromatic nitrogens is 4. The van der Waals surface area contributed by atoms with Gasteiger partial charge in [-0.05, 0) is 36.8 Å². The molecule has 0 fully saturated rings. The lowest BCUT2D eigenvalue weighted by atomic mass is 10.1. The second-order valence-electron chi connectivity index (χ2n) is 7.60. The number of nitriles is 1. The fourth-order valence-electron chi connectivity index (χ4n) is 3.45. The van der Waals surface area contributed by atoms with Crippen LogP contribution in [-0.4, -0.2) is 36.7 Å². The minimum atomic E-state index is -0.486. The topological polar surface area (TPSA) is 132 Å². The summed E-state index contributed by atoms with van der Waals surface area (Å²) in [6.45, 7) is 1.09. The van der Waals surface area contributed by atoms with Crippen LogP contribution < -0.4 is 5.32 Å². The van der Waals surface area contributed by atoms with Gasteiger partial charge in [0.2, 0.25) is 0 Å². The molecule has 2 heterocycles. The van der Waals surface area contributed by atoms with Gasteiger partial charge in [0.15, 0.2) is 0 Å². The first kappa shape index (κ1) is 23.1. The summed E-state index contributed by atoms with van der Waals surface area (Å²) in [7, 11) is 0. The van der Waals surface area contributed by atoms with Gasteiger partial charge in [0.05, 0.1) is 16.9 Å². The summed E-state index contributed by atoms with van der Waals surface area (Å²) in [4.78, 5) is 27.2. The minimum absolute atomic E-state index is 0.0406. The number of nitro benzene ring substituents is 1. The Labute approximate surface area is 200 Å². The molecule has 2 aromatic carbocycles. The molecule has 35 heavy (non-hydrogen) atoms. The molecule has 4 rings (SSSR count). The molecule has 10 nitrogen and oxygen atoms in total. The number of nitrogens with one attached hydrogen (secondary N) is 1. The van der Waals surface area contributed by atoms with E-state index in [-0.39, 0.29) is 11.3 Å². The standard InChI is InChI=1S/C25H21N7O3/c26-16-20(25(33)28-11-4-13-30-14-12-27-18-30)15-21-17-31(22-5-2-1-3-6-22)29-24(21)19-7-9-23(10-8-19)32(34)35/h1-3,5-10,12,14-15,17-18H,4,11,13H2,(H,28,33)/b20-15+. The predicted octanol–water partition coefficient (Wildman–Crippen LogP) is 3.76. The predicted molar refractivity (Wildman–Crippen MR) is 129 cm³/mol. The van der Waals surface area contributed by atoms with Crippen LogP contribution in [0.25, 0.3) is 23.0 Å². The number of para-hydroxylation sites is 1. The summed E-state index contributed by atoms with van der Waals surface area (Å²) < 4.78 is 3.54. The Hall–Kier alpha value is -5.04. The molecule has 0 spiro atoms. The molecule has 4 aromatic rings. The van der Waals surface area contributed by atoms with E-state index >= 15 is 0 Å². The van der Waals surface area contributed by atoms with Gasteiger partial charge in [0.25, 0.3) is 11.6 Å². The fourth-order valence-corrected chi connectivity index (χ4v) is 3.45. The Balaban J connectivity index is 1.60. The van der Waals surface area contributed by atoms with Crippen molar-refractivity contribution in [1.82, 2.24) is 24.6 Å². The van der Waals surface area contributed by atoms with Crippen LogP contribution in [-0.2, 0) is 11.3 Å². The Morgan fingerprint density at radius 2 is 1.94 bits per heavy atom. The second kappa shape index (κ2) is 10.7. The van der Waals surface area contributed by atoms with E-state index in [1.54, 1.807) is 35.5 Å². The maximum atomic E-state index is 12.7. The van der Waals surface area contributed by atoms with E-state index in [9.17, 15) is 20.2 Å². The maximum absolute atomic E-state index is 12.7. The van der Waals surface area contributed by atoms with E-state index in [0.29, 0.717) is 36.3 Å². The molecule has 174 valence electrons. The normalized spacial score (nSPS) is 11.1. The molecule has 10 heteroatoms. The number of carbonyl (C=O) groups is 1. The molecule has 0 atom stereocenters. The van der Waals surface area contributed by atoms with Crippen LogP contribution in [0.4, 0.5) is 5.69 Å². The molecule has 0 saturated heterocycles. The molecule has 0 unspecified atom stereocenters. The number of nitro groups is 1. The second-order valence-corrected chi connectivity index (χ2v) is 7.60. The highest BCUT2D eigenvalue weighted by atomic mass is 16.6. The van der Waals surface area contributed by atoms with Crippen molar-refractivity contribution in [2.75, 3.05) is 6.54 Å². The van der Waals surface area contributed by atoms with Gasteiger partial charge >= 0.3 is 0 Å². The first-order chi connectivity index (χ1) is 17.0. The van der Waals surface area contributed by atoms with E-state index in [1.165, 1.54) is 18.2 Å². The third-order valence-electron chi connectivity index (χ3n) is 5.22. The van der Waals surface area contributed by atoms with Crippen molar-refractivity contribution in [1.29, 1.82) is 5.26 Å². The number of aryl methyl sites for hydroxylation is 1. The molecule has 2 aromatic heterocycles. The number of non-ortho nitro benzene ring substituents is 1. The van der Waals surface area contributed by atoms with Crippen LogP contribution in [0.5, 0.6) is 0 Å². The average molecular weight is 467 g/mol. The lowest BCUT2D eigenvalue weighted by molar-refractivity contribution is -0.384. The van der Waals surface area contributed by atoms with Gasteiger partial charge in [0, 0.05) is 54.9 Å². The van der Waals surface area contributed by atoms with Crippen molar-refractivity contribution in [2.45, 2.75) is 13.0 Å². The van der Waals surface area contributed by atoms with Crippen molar-refractivity contribution in [2.24, 2.45) is 0 Å². The minimum Gasteiger partial charge on any atom is -0.351 e. The summed E-state index contributed by atoms with van der Waals surface area (Å²) >= 11 is 0. The van der Waals surface area contributed by atoms with Crippen LogP contribution >= 0.6 is 0 Å². The summed E-state index contributed by atoms with van der Waals surface area (Å²) in [5.74, 6) is -0.486. The number of nitrogens with zero attached hydrogens (tertiary/aromatic N) is 6. The van der Waals surface area contributed by atoms with E-state index in [4.69, 9.17) is 0 Å². The van der Waals surface area contributed by atoms with Crippen molar-refractivity contribution < 1.29 is 9.72 Å². The third-order valence-corrected chi connectivity index (χ3v) is 5.22. The lowest BCUT2D eigenvalue weighted by Gasteiger charge is -2.05. The van der Waals surface area contributed by atoms with E-state index in [1.807, 2.05) is 47.2 Å². The first-order valence-electron chi connectivity index (χ1n) is 10.8. The molecule has 1 N–H and O–H groups in total. The van der Waals surface area contributed by atoms with Gasteiger partial charge in [-0.1, -0.05) is 18.2 Å². The highest BCUT2D eigenvalue weighted by Gasteiger charge is 2.16. The lowest BCUT2D eigenvalue weighted by Crippen LogP contribution is -2.26. The molecule has 1 amide bonds. The summed E-state index contributed by atoms with van der Waals surface area (Å²) in [6, 6.07) is 17.3. The van der Waals surface area contributed by atoms with Crippen molar-refractivity contribution in [3.63, 3.8) is 0 Å². The summed E-state index contributed by atoms with van der Waals surface area (Å²) in [5, 5.41) is 28.1. The van der Waals surface area contributed by atoms with E-state index in [2.05, 4.69) is 15.4 Å². The molecular formula is C25H21N7O3. The maximum Gasteiger partial charge on any atom is 0.269 e. The molecule has 0 aliphatic rings. The van der Waals surface area contributed by atoms with Gasteiger partial charge in [0.1, 0.15) is 17.3 Å². The van der Waals surface area contributed by atoms with Crippen molar-refractivity contribution in [3.05, 3.63) is 101 Å². The Kier molecular flexibility index (Phi) is 7.08. The Morgan fingerprint density at radius 1 is 1.17 bits per heavy atom. The summed E-state index contributed by atoms with van der Waals surface area (Å²) in [5.41, 5.74) is 2.33. The molecule has 0 bridgehead atoms. The number of hydrogen-bond acceptors (Lipinski definition) is 6. The van der Waals surface area contributed by atoms with Crippen LogP contribution in [0.15, 0.2) is 85.1 Å². The Bertz CT molecular complexity index is 1380. The van der Waals surface area contributed by atoms with Gasteiger partial charge in [-0.25, -0.2) is 9.67 Å². The summed E-state index contributed by atoms with van der Waals surface area (Å²) in [6.07, 6.45) is 9.11. The average Bonchev–Trinajstić information content (AvgIpc) is 3.56. The third kappa shape index (κ3) is 5.66. The molecule has 0 saturated carbocycles. The monoisotopic (exact) mass is 467 g/mol. The zero-order chi connectivity index (χ0) is 24.6. The smallest absolute Gasteiger partial charge is 0.269 e. The van der Waals surface area contributed by atoms with E-state index < -0.39 is 10.8 Å². The van der Waals surface area contributed by atoms with Gasteiger partial charge in [-0.2, -0.15) is 10.4 Å². The number of benzene rings is 2. The van der Waals surface area contributed by atoms with Crippen LogP contribution in [0.1, 0.15) is 12.0 Å². The van der Waals surface area contributed by atoms with Crippen molar-refractivity contribution >= 4 is 17.7 Å². The highest BCUT2D eigenvalue weighted by molar-refractivity contribution is 6.02. The Morgan fingerprint density at radius 3 is 2.60 bits per heavy atom. The zero-order valence-corrected chi connectivity index (χ0v) is 18.6. The number of carbonyl (C=O) groups excluding carboxylic acids is 1. The first-order valence-corrected chi connectivity index (χ1v) is 10.8. The number of imidazole rings is 1. The van der Waals surface area contributed by atoms with Crippen LogP contribution in [0.2, 0.25) is 0 Å². The van der Waals surface area contributed by atoms with Crippen molar-refractivity contribution in [3.8, 4) is 23.0 Å². The fraction of sp³-hybridized carbons (Fsp3) is 0.120. The largest absolute Gasteiger partial charge is 0.351 e.